The molecule has 0 spiro atoms. The Labute approximate surface area is 52.8 Å². The number of aromatic carboxylic acids is 1. The average Bonchev–Trinajstić information content (AvgIpc) is 1.90. The number of rotatable bonds is 1. The minimum absolute atomic E-state index is 0.150. The van der Waals surface area contributed by atoms with Gasteiger partial charge in [-0.05, 0) is 18.2 Å². The summed E-state index contributed by atoms with van der Waals surface area (Å²) in [5, 5.41) is 8.33. The van der Waals surface area contributed by atoms with Crippen LogP contribution in [-0.4, -0.2) is 11.1 Å². The summed E-state index contributed by atoms with van der Waals surface area (Å²) in [6.45, 7) is 0. The number of carbonyl (C=O) groups is 1. The number of carboxylic acids is 1. The minimum Gasteiger partial charge on any atom is -0.478 e. The molecule has 0 bridgehead atoms. The number of hydrogen-bond donors (Lipinski definition) is 1. The summed E-state index contributed by atoms with van der Waals surface area (Å²) >= 11 is 0. The lowest BCUT2D eigenvalue weighted by molar-refractivity contribution is 0.0696. The van der Waals surface area contributed by atoms with E-state index < -0.39 is 5.97 Å². The first-order chi connectivity index (χ1) is 4.30. The van der Waals surface area contributed by atoms with Crippen molar-refractivity contribution < 1.29 is 9.90 Å². The molecule has 1 aromatic carbocycles. The monoisotopic (exact) mass is 120 g/mol. The van der Waals surface area contributed by atoms with E-state index in [1.165, 1.54) is 12.1 Å². The molecule has 0 aliphatic carbocycles. The topological polar surface area (TPSA) is 37.3 Å². The second-order valence-electron chi connectivity index (χ2n) is 1.51. The van der Waals surface area contributed by atoms with Crippen LogP contribution in [0.2, 0.25) is 0 Å². The van der Waals surface area contributed by atoms with Crippen molar-refractivity contribution in [1.82, 2.24) is 0 Å². The summed E-state index contributed by atoms with van der Waals surface area (Å²) in [4.78, 5) is 10.1. The van der Waals surface area contributed by atoms with Crippen LogP contribution in [0.25, 0.3) is 0 Å². The molecule has 1 rings (SSSR count). The lowest BCUT2D eigenvalue weighted by Gasteiger charge is -1.86. The number of benzene rings is 1. The first-order valence-corrected chi connectivity index (χ1v) is 2.42. The summed E-state index contributed by atoms with van der Waals surface area (Å²) in [5.74, 6) is -0.966. The summed E-state index contributed by atoms with van der Waals surface area (Å²) in [5.41, 5.74) is 0.150. The second-order valence-corrected chi connectivity index (χ2v) is 1.51. The van der Waals surface area contributed by atoms with Gasteiger partial charge in [-0.15, -0.1) is 0 Å². The van der Waals surface area contributed by atoms with Crippen LogP contribution in [0.3, 0.4) is 0 Å². The molecular weight excluding hydrogens is 116 g/mol. The molecule has 0 fully saturated rings. The molecule has 0 heterocycles. The van der Waals surface area contributed by atoms with E-state index >= 15 is 0 Å². The van der Waals surface area contributed by atoms with Crippen LogP contribution in [0, 0.1) is 12.1 Å². The van der Waals surface area contributed by atoms with Gasteiger partial charge in [-0.2, -0.15) is 0 Å². The van der Waals surface area contributed by atoms with Crippen molar-refractivity contribution in [2.45, 2.75) is 0 Å². The van der Waals surface area contributed by atoms with Crippen molar-refractivity contribution in [3.05, 3.63) is 35.9 Å². The van der Waals surface area contributed by atoms with E-state index in [2.05, 4.69) is 12.1 Å². The molecule has 0 aromatic heterocycles. The van der Waals surface area contributed by atoms with Gasteiger partial charge in [0.2, 0.25) is 0 Å². The van der Waals surface area contributed by atoms with Crippen LogP contribution in [0.5, 0.6) is 0 Å². The van der Waals surface area contributed by atoms with Gasteiger partial charge in [-0.25, -0.2) is 4.79 Å². The van der Waals surface area contributed by atoms with E-state index in [0.717, 1.165) is 0 Å². The number of carboxylic acid groups (broad SMARTS) is 1. The van der Waals surface area contributed by atoms with Crippen molar-refractivity contribution in [3.8, 4) is 0 Å². The Morgan fingerprint density at radius 2 is 2.33 bits per heavy atom. The normalized spacial score (nSPS) is 8.89. The molecule has 0 atom stereocenters. The molecule has 1 N–H and O–H groups in total. The molecule has 2 heteroatoms. The van der Waals surface area contributed by atoms with Gasteiger partial charge in [0.1, 0.15) is 0 Å². The molecular formula is C7H4O2. The van der Waals surface area contributed by atoms with Gasteiger partial charge >= 0.3 is 5.97 Å². The molecule has 2 radical (unpaired) electrons. The first-order valence-electron chi connectivity index (χ1n) is 2.42. The van der Waals surface area contributed by atoms with Crippen LogP contribution in [0.1, 0.15) is 10.4 Å². The van der Waals surface area contributed by atoms with Gasteiger partial charge in [0.05, 0.1) is 5.56 Å². The zero-order chi connectivity index (χ0) is 6.69. The molecule has 0 amide bonds. The maximum atomic E-state index is 10.1. The number of hydrogen-bond acceptors (Lipinski definition) is 1. The highest BCUT2D eigenvalue weighted by atomic mass is 16.4. The quantitative estimate of drug-likeness (QED) is 0.599. The maximum Gasteiger partial charge on any atom is 0.336 e. The third-order valence-corrected chi connectivity index (χ3v) is 0.876. The van der Waals surface area contributed by atoms with Crippen LogP contribution in [0.4, 0.5) is 0 Å². The largest absolute Gasteiger partial charge is 0.478 e. The van der Waals surface area contributed by atoms with Crippen molar-refractivity contribution in [1.29, 1.82) is 0 Å². The summed E-state index contributed by atoms with van der Waals surface area (Å²) in [7, 11) is 0. The molecule has 0 aliphatic heterocycles. The lowest BCUT2D eigenvalue weighted by Crippen LogP contribution is -1.94. The Bertz CT molecular complexity index is 203. The van der Waals surface area contributed by atoms with Crippen LogP contribution < -0.4 is 0 Å². The van der Waals surface area contributed by atoms with E-state index in [-0.39, 0.29) is 5.56 Å². The Morgan fingerprint density at radius 1 is 1.56 bits per heavy atom. The van der Waals surface area contributed by atoms with E-state index in [9.17, 15) is 4.79 Å². The summed E-state index contributed by atoms with van der Waals surface area (Å²) in [6.07, 6.45) is 0. The molecule has 9 heavy (non-hydrogen) atoms. The van der Waals surface area contributed by atoms with Crippen LogP contribution in [-0.2, 0) is 0 Å². The first kappa shape index (κ1) is 5.82. The van der Waals surface area contributed by atoms with Crippen LogP contribution in [0.15, 0.2) is 18.2 Å². The smallest absolute Gasteiger partial charge is 0.336 e. The third-order valence-electron chi connectivity index (χ3n) is 0.876. The van der Waals surface area contributed by atoms with Crippen LogP contribution >= 0.6 is 0 Å². The summed E-state index contributed by atoms with van der Waals surface area (Å²) < 4.78 is 0. The lowest BCUT2D eigenvalue weighted by atomic mass is 10.2. The van der Waals surface area contributed by atoms with Gasteiger partial charge < -0.3 is 5.11 Å². The van der Waals surface area contributed by atoms with Gasteiger partial charge in [0.15, 0.2) is 0 Å². The molecule has 0 saturated carbocycles. The molecule has 1 aromatic rings. The predicted octanol–water partition coefficient (Wildman–Crippen LogP) is 0.985. The van der Waals surface area contributed by atoms with Crippen molar-refractivity contribution in [2.75, 3.05) is 0 Å². The predicted molar refractivity (Wildman–Crippen MR) is 31.1 cm³/mol. The van der Waals surface area contributed by atoms with Crippen molar-refractivity contribution in [2.24, 2.45) is 0 Å². The highest BCUT2D eigenvalue weighted by Crippen LogP contribution is 1.94. The SMILES string of the molecule is O=C(O)c1[c]cc[c]c1. The summed E-state index contributed by atoms with van der Waals surface area (Å²) in [6, 6.07) is 9.67. The van der Waals surface area contributed by atoms with Gasteiger partial charge in [-0.3, -0.25) is 0 Å². The Hall–Kier alpha value is -1.31. The van der Waals surface area contributed by atoms with E-state index in [1.54, 1.807) is 6.07 Å². The zero-order valence-electron chi connectivity index (χ0n) is 4.59. The second kappa shape index (κ2) is 2.31. The molecule has 2 nitrogen and oxygen atoms in total. The Morgan fingerprint density at radius 3 is 2.67 bits per heavy atom. The van der Waals surface area contributed by atoms with Crippen molar-refractivity contribution in [3.63, 3.8) is 0 Å². The van der Waals surface area contributed by atoms with Crippen molar-refractivity contribution >= 4 is 5.97 Å². The Kier molecular flexibility index (Phi) is 1.49. The molecule has 0 saturated heterocycles. The third kappa shape index (κ3) is 1.29. The van der Waals surface area contributed by atoms with E-state index in [4.69, 9.17) is 5.11 Å². The highest BCUT2D eigenvalue weighted by molar-refractivity contribution is 5.86. The Balaban J connectivity index is 2.98. The van der Waals surface area contributed by atoms with Gasteiger partial charge in [0.25, 0.3) is 0 Å². The molecule has 0 unspecified atom stereocenters. The van der Waals surface area contributed by atoms with E-state index in [0.29, 0.717) is 0 Å². The fourth-order valence-electron chi connectivity index (χ4n) is 0.476. The minimum atomic E-state index is -0.966. The average molecular weight is 120 g/mol. The zero-order valence-corrected chi connectivity index (χ0v) is 4.59. The molecule has 0 aliphatic rings. The van der Waals surface area contributed by atoms with E-state index in [1.807, 2.05) is 0 Å². The fraction of sp³-hybridized carbons (Fsp3) is 0. The molecule has 44 valence electrons. The van der Waals surface area contributed by atoms with Gasteiger partial charge in [0, 0.05) is 0 Å². The fourth-order valence-corrected chi connectivity index (χ4v) is 0.476. The van der Waals surface area contributed by atoms with Gasteiger partial charge in [-0.1, -0.05) is 12.1 Å². The highest BCUT2D eigenvalue weighted by Gasteiger charge is 1.97. The standard InChI is InChI=1S/C7H4O2/c8-7(9)6-4-2-1-3-5-6/h1-2,5H,(H,8,9). The maximum absolute atomic E-state index is 10.1.